The topological polar surface area (TPSA) is 66.7 Å². The molecule has 0 radical (unpaired) electrons. The first-order valence-electron chi connectivity index (χ1n) is 11.5. The van der Waals surface area contributed by atoms with E-state index in [4.69, 9.17) is 4.42 Å². The van der Waals surface area contributed by atoms with Gasteiger partial charge < -0.3 is 9.32 Å². The van der Waals surface area contributed by atoms with E-state index in [1.54, 1.807) is 41.9 Å². The Hall–Kier alpha value is -2.74. The summed E-state index contributed by atoms with van der Waals surface area (Å²) in [6, 6.07) is 17.4. The van der Waals surface area contributed by atoms with Gasteiger partial charge in [0.1, 0.15) is 11.3 Å². The fourth-order valence-corrected chi connectivity index (χ4v) is 6.44. The molecule has 2 aromatic heterocycles. The van der Waals surface area contributed by atoms with Crippen molar-refractivity contribution in [3.8, 4) is 0 Å². The summed E-state index contributed by atoms with van der Waals surface area (Å²) < 4.78 is 34.3. The largest absolute Gasteiger partial charge is 0.461 e. The number of sulfonamides is 1. The number of pyridine rings is 1. The van der Waals surface area contributed by atoms with Crippen LogP contribution in [0.3, 0.4) is 0 Å². The number of hydrogen-bond acceptors (Lipinski definition) is 5. The van der Waals surface area contributed by atoms with Gasteiger partial charge in [-0.2, -0.15) is 4.31 Å². The highest BCUT2D eigenvalue weighted by molar-refractivity contribution is 7.89. The van der Waals surface area contributed by atoms with E-state index < -0.39 is 10.0 Å². The molecule has 1 aliphatic heterocycles. The van der Waals surface area contributed by atoms with Gasteiger partial charge in [0.2, 0.25) is 10.0 Å². The molecule has 6 nitrogen and oxygen atoms in total. The Morgan fingerprint density at radius 3 is 2.67 bits per heavy atom. The van der Waals surface area contributed by atoms with Gasteiger partial charge in [0.05, 0.1) is 4.90 Å². The number of hydrogen-bond donors (Lipinski definition) is 0. The van der Waals surface area contributed by atoms with Crippen molar-refractivity contribution < 1.29 is 12.8 Å². The van der Waals surface area contributed by atoms with E-state index in [9.17, 15) is 8.42 Å². The van der Waals surface area contributed by atoms with E-state index in [0.717, 1.165) is 72.8 Å². The molecule has 3 heterocycles. The Morgan fingerprint density at radius 1 is 1.06 bits per heavy atom. The van der Waals surface area contributed by atoms with Crippen LogP contribution in [0.4, 0.5) is 0 Å². The van der Waals surface area contributed by atoms with Crippen LogP contribution in [0, 0.1) is 0 Å². The van der Waals surface area contributed by atoms with Crippen LogP contribution in [0.5, 0.6) is 0 Å². The third-order valence-corrected chi connectivity index (χ3v) is 8.71. The van der Waals surface area contributed by atoms with Gasteiger partial charge >= 0.3 is 0 Å². The molecule has 7 heteroatoms. The summed E-state index contributed by atoms with van der Waals surface area (Å²) in [4.78, 5) is 6.91. The van der Waals surface area contributed by atoms with Crippen LogP contribution >= 0.6 is 0 Å². The third-order valence-electron chi connectivity index (χ3n) is 6.74. The van der Waals surface area contributed by atoms with Gasteiger partial charge in [0, 0.05) is 48.1 Å². The van der Waals surface area contributed by atoms with Gasteiger partial charge in [-0.05, 0) is 63.2 Å². The molecule has 0 amide bonds. The van der Waals surface area contributed by atoms with E-state index in [0.29, 0.717) is 4.90 Å². The number of likely N-dealkylation sites (tertiary alicyclic amines) is 1. The molecule has 0 atom stereocenters. The van der Waals surface area contributed by atoms with Crippen LogP contribution in [0.2, 0.25) is 0 Å². The van der Waals surface area contributed by atoms with Crippen LogP contribution in [-0.4, -0.2) is 55.3 Å². The van der Waals surface area contributed by atoms with Crippen molar-refractivity contribution in [2.24, 2.45) is 0 Å². The Labute approximate surface area is 194 Å². The van der Waals surface area contributed by atoms with E-state index >= 15 is 0 Å². The van der Waals surface area contributed by atoms with Crippen LogP contribution in [-0.2, 0) is 16.4 Å². The Kier molecular flexibility index (Phi) is 6.19. The standard InChI is InChI=1S/C26H29N3O3S/c1-28(33(30,31)26-10-4-7-21-19-27-14-11-24(21)26)22-12-16-29(17-13-22)15-5-8-23-18-20-6-2-3-9-25(20)32-23/h2-4,6-7,9-11,14,18-19,22H,5,8,12-13,15-17H2,1H3. The SMILES string of the molecule is CN(C1CCN(CCCc2cc3ccccc3o2)CC1)S(=O)(=O)c1cccc2cnccc12. The molecule has 1 saturated heterocycles. The lowest BCUT2D eigenvalue weighted by Gasteiger charge is -2.36. The lowest BCUT2D eigenvalue weighted by atomic mass is 10.0. The molecule has 2 aromatic carbocycles. The van der Waals surface area contributed by atoms with Crippen molar-refractivity contribution in [2.45, 2.75) is 36.6 Å². The zero-order chi connectivity index (χ0) is 22.8. The molecule has 5 rings (SSSR count). The van der Waals surface area contributed by atoms with Crippen LogP contribution < -0.4 is 0 Å². The summed E-state index contributed by atoms with van der Waals surface area (Å²) in [5.41, 5.74) is 0.944. The number of furan rings is 1. The highest BCUT2D eigenvalue weighted by Crippen LogP contribution is 2.28. The number of para-hydroxylation sites is 1. The van der Waals surface area contributed by atoms with Crippen molar-refractivity contribution in [3.05, 3.63) is 72.8 Å². The van der Waals surface area contributed by atoms with Gasteiger partial charge in [-0.3, -0.25) is 4.98 Å². The molecule has 1 fully saturated rings. The van der Waals surface area contributed by atoms with Gasteiger partial charge in [-0.15, -0.1) is 0 Å². The van der Waals surface area contributed by atoms with E-state index in [1.807, 2.05) is 24.3 Å². The zero-order valence-corrected chi connectivity index (χ0v) is 19.7. The maximum atomic E-state index is 13.4. The first-order valence-corrected chi connectivity index (χ1v) is 13.0. The van der Waals surface area contributed by atoms with Gasteiger partial charge in [0.15, 0.2) is 0 Å². The maximum Gasteiger partial charge on any atom is 0.243 e. The maximum absolute atomic E-state index is 13.4. The van der Waals surface area contributed by atoms with Crippen LogP contribution in [0.25, 0.3) is 21.7 Å². The number of fused-ring (bicyclic) bond motifs is 2. The second-order valence-electron chi connectivity index (χ2n) is 8.80. The molecule has 1 aliphatic rings. The smallest absolute Gasteiger partial charge is 0.243 e. The Bertz CT molecular complexity index is 1320. The molecule has 172 valence electrons. The normalized spacial score (nSPS) is 16.2. The molecular weight excluding hydrogens is 434 g/mol. The number of piperidine rings is 1. The van der Waals surface area contributed by atoms with Gasteiger partial charge in [-0.25, -0.2) is 8.42 Å². The summed E-state index contributed by atoms with van der Waals surface area (Å²) in [6.07, 6.45) is 6.98. The highest BCUT2D eigenvalue weighted by atomic mass is 32.2. The molecule has 0 bridgehead atoms. The second kappa shape index (κ2) is 9.25. The lowest BCUT2D eigenvalue weighted by molar-refractivity contribution is 0.168. The summed E-state index contributed by atoms with van der Waals surface area (Å²) in [7, 11) is -1.85. The number of benzene rings is 2. The van der Waals surface area contributed by atoms with Gasteiger partial charge in [0.25, 0.3) is 0 Å². The minimum atomic E-state index is -3.57. The van der Waals surface area contributed by atoms with E-state index in [2.05, 4.69) is 22.0 Å². The first kappa shape index (κ1) is 22.1. The lowest BCUT2D eigenvalue weighted by Crippen LogP contribution is -2.45. The fourth-order valence-electron chi connectivity index (χ4n) is 4.81. The van der Waals surface area contributed by atoms with Crippen molar-refractivity contribution in [1.29, 1.82) is 0 Å². The van der Waals surface area contributed by atoms with Crippen LogP contribution in [0.1, 0.15) is 25.0 Å². The first-order chi connectivity index (χ1) is 16.0. The average Bonchev–Trinajstić information content (AvgIpc) is 3.26. The average molecular weight is 464 g/mol. The summed E-state index contributed by atoms with van der Waals surface area (Å²) in [5.74, 6) is 1.03. The predicted octanol–water partition coefficient (Wildman–Crippen LogP) is 4.70. The van der Waals surface area contributed by atoms with E-state index in [1.165, 1.54) is 0 Å². The Balaban J connectivity index is 1.17. The minimum Gasteiger partial charge on any atom is -0.461 e. The monoisotopic (exact) mass is 463 g/mol. The van der Waals surface area contributed by atoms with E-state index in [-0.39, 0.29) is 6.04 Å². The summed E-state index contributed by atoms with van der Waals surface area (Å²) >= 11 is 0. The molecule has 0 N–H and O–H groups in total. The fraction of sp³-hybridized carbons (Fsp3) is 0.346. The van der Waals surface area contributed by atoms with Crippen molar-refractivity contribution in [2.75, 3.05) is 26.7 Å². The highest BCUT2D eigenvalue weighted by Gasteiger charge is 2.31. The van der Waals surface area contributed by atoms with Crippen molar-refractivity contribution >= 4 is 31.8 Å². The van der Waals surface area contributed by atoms with Gasteiger partial charge in [-0.1, -0.05) is 30.3 Å². The van der Waals surface area contributed by atoms with Crippen molar-refractivity contribution in [3.63, 3.8) is 0 Å². The molecule has 0 unspecified atom stereocenters. The number of aryl methyl sites for hydroxylation is 1. The molecule has 4 aromatic rings. The molecular formula is C26H29N3O3S. The summed E-state index contributed by atoms with van der Waals surface area (Å²) in [6.45, 7) is 2.81. The second-order valence-corrected chi connectivity index (χ2v) is 10.8. The van der Waals surface area contributed by atoms with Crippen LogP contribution in [0.15, 0.2) is 76.3 Å². The zero-order valence-electron chi connectivity index (χ0n) is 18.9. The molecule has 33 heavy (non-hydrogen) atoms. The minimum absolute atomic E-state index is 0.0127. The predicted molar refractivity (Wildman–Crippen MR) is 131 cm³/mol. The van der Waals surface area contributed by atoms with Crippen molar-refractivity contribution in [1.82, 2.24) is 14.2 Å². The molecule has 0 saturated carbocycles. The third kappa shape index (κ3) is 4.53. The molecule has 0 spiro atoms. The Morgan fingerprint density at radius 2 is 1.85 bits per heavy atom. The number of rotatable bonds is 7. The summed E-state index contributed by atoms with van der Waals surface area (Å²) in [5, 5.41) is 2.72. The number of aromatic nitrogens is 1. The number of nitrogens with zero attached hydrogens (tertiary/aromatic N) is 3. The quantitative estimate of drug-likeness (QED) is 0.397. The molecule has 0 aliphatic carbocycles.